The number of nitrogens with two attached hydrogens (primary N) is 1. The van der Waals surface area contributed by atoms with Crippen LogP contribution in [0.4, 0.5) is 0 Å². The van der Waals surface area contributed by atoms with Gasteiger partial charge >= 0.3 is 0 Å². The van der Waals surface area contributed by atoms with Gasteiger partial charge in [-0.15, -0.1) is 0 Å². The largest absolute Gasteiger partial charge is 0.369 e. The molecule has 0 aliphatic carbocycles. The summed E-state index contributed by atoms with van der Waals surface area (Å²) in [5.74, 6) is -5.80. The molecule has 1 heterocycles. The Morgan fingerprint density at radius 1 is 0.816 bits per heavy atom. The maximum atomic E-state index is 13.6. The van der Waals surface area contributed by atoms with E-state index in [1.807, 2.05) is 79.7 Å². The highest BCUT2D eigenvalue weighted by Gasteiger charge is 2.34. The van der Waals surface area contributed by atoms with E-state index < -0.39 is 59.6 Å². The van der Waals surface area contributed by atoms with Gasteiger partial charge in [0.15, 0.2) is 5.78 Å². The number of rotatable bonds is 19. The Hall–Kier alpha value is -5.45. The van der Waals surface area contributed by atoms with Crippen molar-refractivity contribution in [3.8, 4) is 0 Å². The predicted octanol–water partition coefficient (Wildman–Crippen LogP) is 3.44. The van der Waals surface area contributed by atoms with E-state index >= 15 is 0 Å². The minimum absolute atomic E-state index is 0.0813. The van der Waals surface area contributed by atoms with Gasteiger partial charge in [-0.05, 0) is 34.2 Å². The number of imidazole rings is 1. The summed E-state index contributed by atoms with van der Waals surface area (Å²) in [5, 5.41) is 7.13. The van der Waals surface area contributed by atoms with Crippen LogP contribution in [0.1, 0.15) is 49.9 Å². The molecule has 1 aromatic heterocycles. The molecule has 4 aromatic rings. The quantitative estimate of drug-likeness (QED) is 0.111. The molecule has 11 nitrogen and oxygen atoms in total. The molecule has 3 amide bonds. The van der Waals surface area contributed by atoms with Gasteiger partial charge in [0, 0.05) is 43.5 Å². The zero-order valence-corrected chi connectivity index (χ0v) is 27.8. The van der Waals surface area contributed by atoms with Crippen molar-refractivity contribution in [2.45, 2.75) is 58.4 Å². The Morgan fingerprint density at radius 2 is 1.51 bits per heavy atom. The molecule has 0 saturated heterocycles. The monoisotopic (exact) mass is 665 g/mol. The van der Waals surface area contributed by atoms with Crippen LogP contribution in [0, 0.1) is 17.8 Å². The number of aromatic amines is 1. The molecular formula is C38H43N5O6. The Bertz CT molecular complexity index is 1770. The highest BCUT2D eigenvalue weighted by atomic mass is 16.2. The van der Waals surface area contributed by atoms with Gasteiger partial charge in [0.25, 0.3) is 5.91 Å². The summed E-state index contributed by atoms with van der Waals surface area (Å²) < 4.78 is 0. The van der Waals surface area contributed by atoms with Crippen LogP contribution in [0.3, 0.4) is 0 Å². The number of benzene rings is 3. The molecule has 0 saturated carbocycles. The highest BCUT2D eigenvalue weighted by Crippen LogP contribution is 2.20. The minimum Gasteiger partial charge on any atom is -0.369 e. The van der Waals surface area contributed by atoms with Crippen LogP contribution in [-0.4, -0.2) is 57.6 Å². The van der Waals surface area contributed by atoms with E-state index in [4.69, 9.17) is 5.73 Å². The average molecular weight is 666 g/mol. The summed E-state index contributed by atoms with van der Waals surface area (Å²) in [6.07, 6.45) is 3.78. The van der Waals surface area contributed by atoms with Crippen LogP contribution >= 0.6 is 0 Å². The molecule has 5 N–H and O–H groups in total. The molecule has 3 aromatic carbocycles. The van der Waals surface area contributed by atoms with Gasteiger partial charge in [0.2, 0.25) is 17.6 Å². The zero-order valence-electron chi connectivity index (χ0n) is 27.8. The standard InChI is InChI=1S/C38H43N5O6/c1-3-24(2)34(43-37(48)30(18-31-21-40-23-42-31)20-32(44)17-25-9-5-4-6-10-25)35(46)38(49)41-22-33(45)19-29(36(39)47)16-26-13-14-27-11-7-8-12-28(27)15-26/h4-15,21,23-24,29-30,34H,3,16-20,22H2,1-2H3,(H2,39,47)(H,40,42)(H,41,49)(H,43,48)/t24-,29+,30?,34?/m0/s1. The molecule has 0 aliphatic heterocycles. The number of nitrogens with zero attached hydrogens (tertiary/aromatic N) is 1. The normalized spacial score (nSPS) is 13.5. The van der Waals surface area contributed by atoms with Gasteiger partial charge in [-0.2, -0.15) is 0 Å². The molecular weight excluding hydrogens is 622 g/mol. The van der Waals surface area contributed by atoms with E-state index in [0.29, 0.717) is 12.1 Å². The summed E-state index contributed by atoms with van der Waals surface area (Å²) in [4.78, 5) is 85.0. The van der Waals surface area contributed by atoms with E-state index in [-0.39, 0.29) is 37.9 Å². The van der Waals surface area contributed by atoms with Crippen LogP contribution in [0.2, 0.25) is 0 Å². The highest BCUT2D eigenvalue weighted by molar-refractivity contribution is 6.38. The van der Waals surface area contributed by atoms with Crippen molar-refractivity contribution in [3.05, 3.63) is 102 Å². The molecule has 11 heteroatoms. The Kier molecular flexibility index (Phi) is 13.1. The number of carbonyl (C=O) groups excluding carboxylic acids is 6. The first-order valence-corrected chi connectivity index (χ1v) is 16.5. The van der Waals surface area contributed by atoms with Gasteiger partial charge in [0.1, 0.15) is 5.78 Å². The maximum Gasteiger partial charge on any atom is 0.289 e. The smallest absolute Gasteiger partial charge is 0.289 e. The molecule has 0 fully saturated rings. The third-order valence-corrected chi connectivity index (χ3v) is 8.75. The second-order valence-corrected chi connectivity index (χ2v) is 12.5. The molecule has 0 spiro atoms. The van der Waals surface area contributed by atoms with Crippen molar-refractivity contribution in [3.63, 3.8) is 0 Å². The van der Waals surface area contributed by atoms with Gasteiger partial charge in [-0.25, -0.2) is 4.98 Å². The Labute approximate surface area is 285 Å². The number of hydrogen-bond donors (Lipinski definition) is 4. The number of nitrogens with one attached hydrogen (secondary N) is 3. The summed E-state index contributed by atoms with van der Waals surface area (Å²) in [5.41, 5.74) is 7.93. The lowest BCUT2D eigenvalue weighted by molar-refractivity contribution is -0.142. The number of fused-ring (bicyclic) bond motifs is 1. The second-order valence-electron chi connectivity index (χ2n) is 12.5. The van der Waals surface area contributed by atoms with Crippen LogP contribution in [0.25, 0.3) is 10.8 Å². The van der Waals surface area contributed by atoms with E-state index in [2.05, 4.69) is 20.6 Å². The van der Waals surface area contributed by atoms with Crippen molar-refractivity contribution in [2.75, 3.05) is 6.54 Å². The fourth-order valence-electron chi connectivity index (χ4n) is 5.74. The lowest BCUT2D eigenvalue weighted by atomic mass is 9.90. The number of hydrogen-bond acceptors (Lipinski definition) is 7. The lowest BCUT2D eigenvalue weighted by Gasteiger charge is -2.25. The predicted molar refractivity (Wildman–Crippen MR) is 185 cm³/mol. The first-order chi connectivity index (χ1) is 23.5. The molecule has 256 valence electrons. The van der Waals surface area contributed by atoms with E-state index in [0.717, 1.165) is 21.9 Å². The lowest BCUT2D eigenvalue weighted by Crippen LogP contribution is -2.52. The molecule has 2 unspecified atom stereocenters. The molecule has 0 aliphatic rings. The van der Waals surface area contributed by atoms with Crippen molar-refractivity contribution >= 4 is 45.8 Å². The summed E-state index contributed by atoms with van der Waals surface area (Å²) >= 11 is 0. The molecule has 4 atom stereocenters. The molecule has 0 radical (unpaired) electrons. The van der Waals surface area contributed by atoms with Gasteiger partial charge in [0.05, 0.1) is 24.8 Å². The van der Waals surface area contributed by atoms with Crippen LogP contribution in [0.5, 0.6) is 0 Å². The van der Waals surface area contributed by atoms with Crippen LogP contribution in [-0.2, 0) is 48.0 Å². The van der Waals surface area contributed by atoms with Crippen molar-refractivity contribution < 1.29 is 28.8 Å². The van der Waals surface area contributed by atoms with E-state index in [1.54, 1.807) is 13.1 Å². The van der Waals surface area contributed by atoms with Crippen molar-refractivity contribution in [2.24, 2.45) is 23.5 Å². The number of aromatic nitrogens is 2. The number of Topliss-reactive ketones (excluding diaryl/α,β-unsaturated/α-hetero) is 3. The van der Waals surface area contributed by atoms with Gasteiger partial charge in [-0.1, -0.05) is 93.1 Å². The summed E-state index contributed by atoms with van der Waals surface area (Å²) in [6, 6.07) is 21.5. The van der Waals surface area contributed by atoms with Crippen LogP contribution < -0.4 is 16.4 Å². The van der Waals surface area contributed by atoms with Crippen molar-refractivity contribution in [1.82, 2.24) is 20.6 Å². The van der Waals surface area contributed by atoms with E-state index in [9.17, 15) is 28.8 Å². The third kappa shape index (κ3) is 10.8. The Morgan fingerprint density at radius 3 is 2.18 bits per heavy atom. The molecule has 49 heavy (non-hydrogen) atoms. The number of H-pyrrole nitrogens is 1. The van der Waals surface area contributed by atoms with Crippen molar-refractivity contribution in [1.29, 1.82) is 0 Å². The number of ketones is 3. The van der Waals surface area contributed by atoms with Gasteiger partial charge in [-0.3, -0.25) is 28.8 Å². The molecule has 0 bridgehead atoms. The third-order valence-electron chi connectivity index (χ3n) is 8.75. The average Bonchev–Trinajstić information content (AvgIpc) is 3.61. The number of carbonyl (C=O) groups is 6. The van der Waals surface area contributed by atoms with E-state index in [1.165, 1.54) is 6.33 Å². The summed E-state index contributed by atoms with van der Waals surface area (Å²) in [7, 11) is 0. The first kappa shape index (κ1) is 36.4. The van der Waals surface area contributed by atoms with Gasteiger partial charge < -0.3 is 21.4 Å². The topological polar surface area (TPSA) is 181 Å². The zero-order chi connectivity index (χ0) is 35.3. The second kappa shape index (κ2) is 17.6. The minimum atomic E-state index is -1.19. The molecule has 4 rings (SSSR count). The first-order valence-electron chi connectivity index (χ1n) is 16.5. The van der Waals surface area contributed by atoms with Crippen LogP contribution in [0.15, 0.2) is 85.3 Å². The maximum absolute atomic E-state index is 13.6. The SMILES string of the molecule is CC[C@H](C)C(NC(=O)C(CC(=O)Cc1ccccc1)Cc1cnc[nH]1)C(=O)C(=O)NCC(=O)C[C@@H](Cc1ccc2ccccc2c1)C(N)=O. The fourth-order valence-corrected chi connectivity index (χ4v) is 5.74. The Balaban J connectivity index is 1.37. The number of primary amides is 1. The fraction of sp³-hybridized carbons (Fsp3) is 0.342. The summed E-state index contributed by atoms with van der Waals surface area (Å²) in [6.45, 7) is 3.07. The number of amides is 3.